The number of hydrogen-bond donors (Lipinski definition) is 1. The van der Waals surface area contributed by atoms with Crippen molar-refractivity contribution in [2.24, 2.45) is 5.73 Å². The molecule has 0 aliphatic rings. The fourth-order valence-electron chi connectivity index (χ4n) is 1.68. The van der Waals surface area contributed by atoms with Gasteiger partial charge < -0.3 is 10.5 Å². The van der Waals surface area contributed by atoms with Gasteiger partial charge in [-0.05, 0) is 30.3 Å². The monoisotopic (exact) mass is 278 g/mol. The maximum absolute atomic E-state index is 13.1. The molecule has 2 N–H and O–H groups in total. The van der Waals surface area contributed by atoms with Crippen molar-refractivity contribution in [3.8, 4) is 5.75 Å². The van der Waals surface area contributed by atoms with Gasteiger partial charge in [0.15, 0.2) is 0 Å². The Hall–Kier alpha value is -1.59. The summed E-state index contributed by atoms with van der Waals surface area (Å²) in [5.74, 6) is 1.04. The summed E-state index contributed by atoms with van der Waals surface area (Å²) in [5, 5.41) is 0. The number of rotatable bonds is 5. The first-order chi connectivity index (χ1) is 9.20. The van der Waals surface area contributed by atoms with Crippen LogP contribution in [0.3, 0.4) is 0 Å². The molecule has 1 heterocycles. The van der Waals surface area contributed by atoms with Crippen LogP contribution in [0.4, 0.5) is 4.39 Å². The van der Waals surface area contributed by atoms with Gasteiger partial charge in [0.2, 0.25) is 0 Å². The highest BCUT2D eigenvalue weighted by Gasteiger charge is 2.13. The van der Waals surface area contributed by atoms with E-state index in [1.54, 1.807) is 25.4 Å². The van der Waals surface area contributed by atoms with Crippen LogP contribution in [0.25, 0.3) is 0 Å². The van der Waals surface area contributed by atoms with Gasteiger partial charge in [0.05, 0.1) is 18.8 Å². The molecule has 0 aliphatic heterocycles. The Kier molecular flexibility index (Phi) is 4.76. The largest absolute Gasteiger partial charge is 0.495 e. The smallest absolute Gasteiger partial charge is 0.142 e. The number of benzene rings is 1. The fourth-order valence-corrected chi connectivity index (χ4v) is 2.58. The van der Waals surface area contributed by atoms with Gasteiger partial charge >= 0.3 is 0 Å². The zero-order chi connectivity index (χ0) is 13.7. The molecule has 2 rings (SSSR count). The average Bonchev–Trinajstić information content (AvgIpc) is 2.45. The van der Waals surface area contributed by atoms with E-state index in [0.717, 1.165) is 4.90 Å². The second kappa shape index (κ2) is 6.54. The van der Waals surface area contributed by atoms with E-state index in [2.05, 4.69) is 4.98 Å². The van der Waals surface area contributed by atoms with Crippen LogP contribution in [0.5, 0.6) is 5.75 Å². The Balaban J connectivity index is 2.03. The molecule has 3 nitrogen and oxygen atoms in total. The normalized spacial score (nSPS) is 12.2. The van der Waals surface area contributed by atoms with Gasteiger partial charge in [-0.1, -0.05) is 6.07 Å². The maximum Gasteiger partial charge on any atom is 0.142 e. The first kappa shape index (κ1) is 13.8. The van der Waals surface area contributed by atoms with Crippen LogP contribution < -0.4 is 10.5 Å². The third kappa shape index (κ3) is 3.68. The number of hydrogen-bond acceptors (Lipinski definition) is 4. The summed E-state index contributed by atoms with van der Waals surface area (Å²) in [6.07, 6.45) is 1.69. The van der Waals surface area contributed by atoms with Gasteiger partial charge in [-0.15, -0.1) is 11.8 Å². The summed E-state index contributed by atoms with van der Waals surface area (Å²) in [6.45, 7) is 0. The van der Waals surface area contributed by atoms with Gasteiger partial charge in [0.1, 0.15) is 11.6 Å². The van der Waals surface area contributed by atoms with E-state index in [-0.39, 0.29) is 11.9 Å². The summed E-state index contributed by atoms with van der Waals surface area (Å²) in [6, 6.07) is 9.83. The van der Waals surface area contributed by atoms with Crippen molar-refractivity contribution in [2.75, 3.05) is 12.9 Å². The molecule has 1 atom stereocenters. The van der Waals surface area contributed by atoms with Gasteiger partial charge in [0.25, 0.3) is 0 Å². The average molecular weight is 278 g/mol. The highest BCUT2D eigenvalue weighted by Crippen LogP contribution is 2.27. The molecule has 1 aromatic carbocycles. The minimum atomic E-state index is -0.260. The van der Waals surface area contributed by atoms with Crippen molar-refractivity contribution >= 4 is 11.8 Å². The number of halogens is 1. The summed E-state index contributed by atoms with van der Waals surface area (Å²) in [4.78, 5) is 5.09. The predicted octanol–water partition coefficient (Wildman–Crippen LogP) is 3.02. The third-order valence-electron chi connectivity index (χ3n) is 2.60. The maximum atomic E-state index is 13.1. The number of nitrogens with zero attached hydrogens (tertiary/aromatic N) is 1. The molecule has 5 heteroatoms. The second-order valence-corrected chi connectivity index (χ2v) is 5.06. The molecule has 0 fully saturated rings. The van der Waals surface area contributed by atoms with Gasteiger partial charge in [-0.3, -0.25) is 4.98 Å². The molecule has 0 saturated carbocycles. The van der Waals surface area contributed by atoms with Crippen molar-refractivity contribution in [3.05, 3.63) is 54.1 Å². The van der Waals surface area contributed by atoms with E-state index in [9.17, 15) is 4.39 Å². The molecule has 1 aromatic heterocycles. The second-order valence-electron chi connectivity index (χ2n) is 3.97. The lowest BCUT2D eigenvalue weighted by Crippen LogP contribution is -2.15. The number of nitrogens with two attached hydrogens (primary N) is 1. The SMILES string of the molecule is COc1cccnc1C(N)CSc1cccc(F)c1. The Bertz CT molecular complexity index is 550. The van der Waals surface area contributed by atoms with Crippen LogP contribution in [0, 0.1) is 5.82 Å². The van der Waals surface area contributed by atoms with Crippen LogP contribution in [-0.2, 0) is 0 Å². The first-order valence-electron chi connectivity index (χ1n) is 5.83. The molecule has 100 valence electrons. The third-order valence-corrected chi connectivity index (χ3v) is 3.71. The molecule has 1 unspecified atom stereocenters. The zero-order valence-electron chi connectivity index (χ0n) is 10.5. The van der Waals surface area contributed by atoms with Gasteiger partial charge in [0, 0.05) is 16.8 Å². The van der Waals surface area contributed by atoms with Crippen molar-refractivity contribution in [2.45, 2.75) is 10.9 Å². The van der Waals surface area contributed by atoms with E-state index in [0.29, 0.717) is 17.2 Å². The van der Waals surface area contributed by atoms with E-state index < -0.39 is 0 Å². The highest BCUT2D eigenvalue weighted by atomic mass is 32.2. The van der Waals surface area contributed by atoms with E-state index in [1.807, 2.05) is 12.1 Å². The minimum Gasteiger partial charge on any atom is -0.495 e. The Labute approximate surface area is 116 Å². The van der Waals surface area contributed by atoms with Crippen LogP contribution in [-0.4, -0.2) is 17.8 Å². The van der Waals surface area contributed by atoms with E-state index >= 15 is 0 Å². The lowest BCUT2D eigenvalue weighted by molar-refractivity contribution is 0.404. The molecule has 0 aliphatic carbocycles. The summed E-state index contributed by atoms with van der Waals surface area (Å²) in [5.41, 5.74) is 6.82. The lowest BCUT2D eigenvalue weighted by atomic mass is 10.2. The quantitative estimate of drug-likeness (QED) is 0.854. The van der Waals surface area contributed by atoms with Crippen LogP contribution in [0.2, 0.25) is 0 Å². The number of thioether (sulfide) groups is 1. The van der Waals surface area contributed by atoms with E-state index in [1.165, 1.54) is 23.9 Å². The molecular formula is C14H15FN2OS. The number of pyridine rings is 1. The van der Waals surface area contributed by atoms with Crippen molar-refractivity contribution in [3.63, 3.8) is 0 Å². The number of ether oxygens (including phenoxy) is 1. The van der Waals surface area contributed by atoms with Crippen LogP contribution >= 0.6 is 11.8 Å². The molecule has 0 bridgehead atoms. The van der Waals surface area contributed by atoms with Crippen molar-refractivity contribution < 1.29 is 9.13 Å². The number of aromatic nitrogens is 1. The molecule has 19 heavy (non-hydrogen) atoms. The molecule has 0 spiro atoms. The molecule has 2 aromatic rings. The fraction of sp³-hybridized carbons (Fsp3) is 0.214. The van der Waals surface area contributed by atoms with E-state index in [4.69, 9.17) is 10.5 Å². The van der Waals surface area contributed by atoms with Gasteiger partial charge in [-0.2, -0.15) is 0 Å². The predicted molar refractivity (Wildman–Crippen MR) is 74.8 cm³/mol. The summed E-state index contributed by atoms with van der Waals surface area (Å²) in [7, 11) is 1.59. The summed E-state index contributed by atoms with van der Waals surface area (Å²) >= 11 is 1.50. The topological polar surface area (TPSA) is 48.1 Å². The highest BCUT2D eigenvalue weighted by molar-refractivity contribution is 7.99. The van der Waals surface area contributed by atoms with Crippen molar-refractivity contribution in [1.82, 2.24) is 4.98 Å². The Morgan fingerprint density at radius 2 is 2.21 bits per heavy atom. The van der Waals surface area contributed by atoms with Crippen molar-refractivity contribution in [1.29, 1.82) is 0 Å². The molecule has 0 radical (unpaired) electrons. The molecule has 0 saturated heterocycles. The van der Waals surface area contributed by atoms with Crippen LogP contribution in [0.1, 0.15) is 11.7 Å². The minimum absolute atomic E-state index is 0.242. The van der Waals surface area contributed by atoms with Crippen LogP contribution in [0.15, 0.2) is 47.5 Å². The molecular weight excluding hydrogens is 263 g/mol. The number of methoxy groups -OCH3 is 1. The molecule has 0 amide bonds. The van der Waals surface area contributed by atoms with Gasteiger partial charge in [-0.25, -0.2) is 4.39 Å². The Morgan fingerprint density at radius 3 is 2.95 bits per heavy atom. The summed E-state index contributed by atoms with van der Waals surface area (Å²) < 4.78 is 18.3. The lowest BCUT2D eigenvalue weighted by Gasteiger charge is -2.14. The Morgan fingerprint density at radius 1 is 1.37 bits per heavy atom. The zero-order valence-corrected chi connectivity index (χ0v) is 11.4. The standard InChI is InChI=1S/C14H15FN2OS/c1-18-13-6-3-7-17-14(13)12(16)9-19-11-5-2-4-10(15)8-11/h2-8,12H,9,16H2,1H3. The first-order valence-corrected chi connectivity index (χ1v) is 6.82.